The molecule has 0 aliphatic rings. The van der Waals surface area contributed by atoms with Crippen molar-refractivity contribution in [3.05, 3.63) is 201 Å². The highest BCUT2D eigenvalue weighted by Crippen LogP contribution is 2.45. The van der Waals surface area contributed by atoms with E-state index in [2.05, 4.69) is 174 Å². The lowest BCUT2D eigenvalue weighted by Gasteiger charge is -2.27. The number of rotatable bonds is 8. The quantitative estimate of drug-likeness (QED) is 0.134. The van der Waals surface area contributed by atoms with Gasteiger partial charge in [0.2, 0.25) is 0 Å². The third-order valence-corrected chi connectivity index (χ3v) is 8.89. The summed E-state index contributed by atoms with van der Waals surface area (Å²) in [6, 6.07) is 51.5. The monoisotopic (exact) mass is 613 g/mol. The topological polar surface area (TPSA) is 32.6 Å². The highest BCUT2D eigenvalue weighted by atomic mass is 16.3. The van der Waals surface area contributed by atoms with Gasteiger partial charge in [-0.15, -0.1) is 0 Å². The van der Waals surface area contributed by atoms with E-state index < -0.39 is 0 Å². The molecule has 0 atom stereocenters. The molecule has 6 rings (SSSR count). The lowest BCUT2D eigenvalue weighted by Crippen LogP contribution is -2.12. The minimum atomic E-state index is -0.212. The fourth-order valence-electron chi connectivity index (χ4n) is 6.72. The Balaban J connectivity index is 1.68. The highest BCUT2D eigenvalue weighted by molar-refractivity contribution is 5.88. The van der Waals surface area contributed by atoms with Crippen molar-refractivity contribution in [2.75, 3.05) is 0 Å². The van der Waals surface area contributed by atoms with Crippen LogP contribution < -0.4 is 0 Å². The van der Waals surface area contributed by atoms with Crippen molar-refractivity contribution in [3.63, 3.8) is 0 Å². The fraction of sp³-hybridized carbons (Fsp3) is 0.178. The van der Waals surface area contributed by atoms with Gasteiger partial charge in [-0.2, -0.15) is 0 Å². The van der Waals surface area contributed by atoms with Crippen LogP contribution in [0.1, 0.15) is 88.2 Å². The van der Waals surface area contributed by atoms with Crippen LogP contribution in [0.2, 0.25) is 0 Å². The van der Waals surface area contributed by atoms with Gasteiger partial charge in [0.15, 0.2) is 0 Å². The molecule has 1 N–H and O–H groups in total. The van der Waals surface area contributed by atoms with E-state index in [0.717, 1.165) is 33.5 Å². The maximum atomic E-state index is 11.5. The first-order valence-electron chi connectivity index (χ1n) is 16.4. The molecule has 6 aromatic carbocycles. The van der Waals surface area contributed by atoms with Crippen molar-refractivity contribution in [1.82, 2.24) is 0 Å². The van der Waals surface area contributed by atoms with Crippen molar-refractivity contribution >= 4 is 11.9 Å². The Morgan fingerprint density at radius 3 is 1.26 bits per heavy atom. The van der Waals surface area contributed by atoms with Gasteiger partial charge in [-0.1, -0.05) is 166 Å². The van der Waals surface area contributed by atoms with E-state index in [-0.39, 0.29) is 23.0 Å². The van der Waals surface area contributed by atoms with Gasteiger partial charge in [-0.25, -0.2) is 0 Å². The molecule has 234 valence electrons. The van der Waals surface area contributed by atoms with E-state index in [1.807, 2.05) is 12.3 Å². The second kappa shape index (κ2) is 13.6. The van der Waals surface area contributed by atoms with Gasteiger partial charge in [0.1, 0.15) is 5.75 Å². The number of aryl methyl sites for hydroxylation is 2. The normalized spacial score (nSPS) is 11.9. The van der Waals surface area contributed by atoms with Crippen LogP contribution in [0.15, 0.2) is 151 Å². The predicted octanol–water partition coefficient (Wildman–Crippen LogP) is 11.4. The summed E-state index contributed by atoms with van der Waals surface area (Å²) in [5.74, 6) is 0.186. The zero-order chi connectivity index (χ0) is 33.0. The standard InChI is InChI=1S/C45H43NO/c1-31-26-37(44(47)40(29-31)45(3,4)5)30-46-43-38(41(33-18-10-6-11-19-33)34-20-12-7-13-21-34)27-32(2)28-39(43)42(35-22-14-8-15-23-35)36-24-16-9-17-25-36/h6-30,41-42,47H,1-5H3. The third kappa shape index (κ3) is 6.98. The van der Waals surface area contributed by atoms with Crippen LogP contribution >= 0.6 is 0 Å². The molecular formula is C45H43NO. The van der Waals surface area contributed by atoms with Crippen LogP contribution in [-0.2, 0) is 5.41 Å². The fourth-order valence-corrected chi connectivity index (χ4v) is 6.72. The van der Waals surface area contributed by atoms with Crippen molar-refractivity contribution in [2.24, 2.45) is 4.99 Å². The van der Waals surface area contributed by atoms with Gasteiger partial charge in [0.05, 0.1) is 5.69 Å². The van der Waals surface area contributed by atoms with E-state index in [1.165, 1.54) is 27.8 Å². The van der Waals surface area contributed by atoms with Gasteiger partial charge < -0.3 is 5.11 Å². The van der Waals surface area contributed by atoms with Crippen LogP contribution in [0.3, 0.4) is 0 Å². The minimum absolute atomic E-state index is 0.0494. The number of hydrogen-bond donors (Lipinski definition) is 1. The summed E-state index contributed by atoms with van der Waals surface area (Å²) < 4.78 is 0. The Hall–Kier alpha value is -5.21. The van der Waals surface area contributed by atoms with Gasteiger partial charge in [-0.05, 0) is 64.3 Å². The molecule has 0 fully saturated rings. The maximum Gasteiger partial charge on any atom is 0.128 e. The van der Waals surface area contributed by atoms with E-state index in [4.69, 9.17) is 4.99 Å². The van der Waals surface area contributed by atoms with Crippen LogP contribution in [0.4, 0.5) is 5.69 Å². The molecule has 0 radical (unpaired) electrons. The molecule has 0 spiro atoms. The first kappa shape index (κ1) is 31.8. The molecular weight excluding hydrogens is 571 g/mol. The first-order valence-corrected chi connectivity index (χ1v) is 16.4. The Bertz CT molecular complexity index is 1790. The molecule has 0 aliphatic heterocycles. The average Bonchev–Trinajstić information content (AvgIpc) is 3.07. The van der Waals surface area contributed by atoms with Crippen molar-refractivity contribution in [1.29, 1.82) is 0 Å². The van der Waals surface area contributed by atoms with E-state index in [1.54, 1.807) is 0 Å². The minimum Gasteiger partial charge on any atom is -0.507 e. The number of phenolic OH excluding ortho intramolecular Hbond substituents is 1. The Morgan fingerprint density at radius 1 is 0.532 bits per heavy atom. The van der Waals surface area contributed by atoms with Gasteiger partial charge in [-0.3, -0.25) is 4.99 Å². The number of phenols is 1. The molecule has 2 nitrogen and oxygen atoms in total. The molecule has 6 aromatic rings. The second-order valence-corrected chi connectivity index (χ2v) is 13.6. The van der Waals surface area contributed by atoms with Gasteiger partial charge >= 0.3 is 0 Å². The SMILES string of the molecule is Cc1cc(C(c2ccccc2)c2ccccc2)c(N=Cc2cc(C)cc(C(C)(C)C)c2O)c(C(c2ccccc2)c2ccccc2)c1. The Kier molecular flexibility index (Phi) is 9.22. The van der Waals surface area contributed by atoms with Gasteiger partial charge in [0, 0.05) is 29.2 Å². The van der Waals surface area contributed by atoms with Crippen LogP contribution in [0.5, 0.6) is 5.75 Å². The third-order valence-electron chi connectivity index (χ3n) is 8.89. The summed E-state index contributed by atoms with van der Waals surface area (Å²) in [7, 11) is 0. The Morgan fingerprint density at radius 2 is 0.894 bits per heavy atom. The van der Waals surface area contributed by atoms with Crippen molar-refractivity contribution < 1.29 is 5.11 Å². The number of benzene rings is 6. The first-order chi connectivity index (χ1) is 22.7. The molecule has 0 bridgehead atoms. The largest absolute Gasteiger partial charge is 0.507 e. The Labute approximate surface area is 280 Å². The zero-order valence-electron chi connectivity index (χ0n) is 28.0. The molecule has 0 amide bonds. The van der Waals surface area contributed by atoms with Crippen LogP contribution in [0, 0.1) is 13.8 Å². The average molecular weight is 614 g/mol. The van der Waals surface area contributed by atoms with Gasteiger partial charge in [0.25, 0.3) is 0 Å². The van der Waals surface area contributed by atoms with E-state index in [0.29, 0.717) is 0 Å². The molecule has 0 aliphatic carbocycles. The molecule has 2 heteroatoms. The molecule has 0 saturated carbocycles. The summed E-state index contributed by atoms with van der Waals surface area (Å²) >= 11 is 0. The van der Waals surface area contributed by atoms with Crippen LogP contribution in [0.25, 0.3) is 0 Å². The highest BCUT2D eigenvalue weighted by Gasteiger charge is 2.27. The van der Waals surface area contributed by atoms with Crippen LogP contribution in [-0.4, -0.2) is 11.3 Å². The molecule has 47 heavy (non-hydrogen) atoms. The summed E-state index contributed by atoms with van der Waals surface area (Å²) in [4.78, 5) is 5.40. The predicted molar refractivity (Wildman–Crippen MR) is 198 cm³/mol. The summed E-state index contributed by atoms with van der Waals surface area (Å²) in [6.45, 7) is 10.7. The number of nitrogens with zero attached hydrogens (tertiary/aromatic N) is 1. The number of aliphatic imine (C=N–C) groups is 1. The van der Waals surface area contributed by atoms with E-state index in [9.17, 15) is 5.11 Å². The zero-order valence-corrected chi connectivity index (χ0v) is 28.0. The maximum absolute atomic E-state index is 11.5. The lowest BCUT2D eigenvalue weighted by molar-refractivity contribution is 0.445. The molecule has 0 saturated heterocycles. The second-order valence-electron chi connectivity index (χ2n) is 13.6. The number of hydrogen-bond acceptors (Lipinski definition) is 2. The molecule has 0 unspecified atom stereocenters. The molecule has 0 aromatic heterocycles. The summed E-state index contributed by atoms with van der Waals surface area (Å²) in [6.07, 6.45) is 1.87. The van der Waals surface area contributed by atoms with E-state index >= 15 is 0 Å². The summed E-state index contributed by atoms with van der Waals surface area (Å²) in [5, 5.41) is 11.5. The smallest absolute Gasteiger partial charge is 0.128 e. The van der Waals surface area contributed by atoms with Crippen molar-refractivity contribution in [3.8, 4) is 5.75 Å². The summed E-state index contributed by atoms with van der Waals surface area (Å²) in [5.41, 5.74) is 11.7. The van der Waals surface area contributed by atoms with Crippen molar-refractivity contribution in [2.45, 2.75) is 51.9 Å². The lowest BCUT2D eigenvalue weighted by atomic mass is 9.78. The number of aromatic hydroxyl groups is 1. The molecule has 0 heterocycles.